The molecule has 6 heteroatoms. The van der Waals surface area contributed by atoms with Gasteiger partial charge >= 0.3 is 0 Å². The quantitative estimate of drug-likeness (QED) is 0.659. The minimum atomic E-state index is -0.876. The molecule has 4 nitrogen and oxygen atoms in total. The Bertz CT molecular complexity index is 563. The molecular formula is C13H13F2N3O. The first kappa shape index (κ1) is 13.2. The first-order valence-electron chi connectivity index (χ1n) is 5.66. The molecule has 1 heterocycles. The zero-order valence-electron chi connectivity index (χ0n) is 10.2. The van der Waals surface area contributed by atoms with Crippen LogP contribution in [-0.2, 0) is 0 Å². The number of hydrazine groups is 1. The van der Waals surface area contributed by atoms with Crippen molar-refractivity contribution in [3.63, 3.8) is 0 Å². The van der Waals surface area contributed by atoms with Crippen molar-refractivity contribution in [2.45, 2.75) is 13.0 Å². The fraction of sp³-hybridized carbons (Fsp3) is 0.154. The maximum Gasteiger partial charge on any atom is 0.253 e. The van der Waals surface area contributed by atoms with Crippen molar-refractivity contribution in [3.05, 3.63) is 53.6 Å². The molecule has 0 spiro atoms. The number of anilines is 1. The second-order valence-corrected chi connectivity index (χ2v) is 3.92. The van der Waals surface area contributed by atoms with Crippen LogP contribution in [0, 0.1) is 11.6 Å². The summed E-state index contributed by atoms with van der Waals surface area (Å²) in [4.78, 5) is 3.65. The van der Waals surface area contributed by atoms with Crippen LogP contribution < -0.4 is 16.0 Å². The molecule has 100 valence electrons. The minimum Gasteiger partial charge on any atom is -0.468 e. The number of nitrogen functional groups attached to an aromatic ring is 1. The van der Waals surface area contributed by atoms with Gasteiger partial charge in [0.25, 0.3) is 5.88 Å². The number of pyridine rings is 1. The van der Waals surface area contributed by atoms with Crippen LogP contribution in [0.5, 0.6) is 5.88 Å². The van der Waals surface area contributed by atoms with E-state index in [0.29, 0.717) is 6.07 Å². The number of nitrogens with two attached hydrogens (primary N) is 1. The predicted molar refractivity (Wildman–Crippen MR) is 67.4 cm³/mol. The summed E-state index contributed by atoms with van der Waals surface area (Å²) < 4.78 is 32.1. The summed E-state index contributed by atoms with van der Waals surface area (Å²) in [5, 5.41) is 0. The highest BCUT2D eigenvalue weighted by Gasteiger charge is 2.15. The number of hydrogen-bond acceptors (Lipinski definition) is 4. The van der Waals surface area contributed by atoms with Crippen LogP contribution in [0.1, 0.15) is 18.6 Å². The van der Waals surface area contributed by atoms with Crippen LogP contribution in [0.15, 0.2) is 36.4 Å². The first-order chi connectivity index (χ1) is 9.11. The Labute approximate surface area is 109 Å². The van der Waals surface area contributed by atoms with Gasteiger partial charge in [-0.05, 0) is 12.5 Å². The van der Waals surface area contributed by atoms with Gasteiger partial charge < -0.3 is 10.2 Å². The fourth-order valence-electron chi connectivity index (χ4n) is 1.59. The van der Waals surface area contributed by atoms with Gasteiger partial charge in [-0.25, -0.2) is 14.6 Å². The summed E-state index contributed by atoms with van der Waals surface area (Å²) >= 11 is 0. The van der Waals surface area contributed by atoms with E-state index in [2.05, 4.69) is 4.98 Å². The average Bonchev–Trinajstić information content (AvgIpc) is 2.42. The van der Waals surface area contributed by atoms with Crippen molar-refractivity contribution in [1.29, 1.82) is 0 Å². The Morgan fingerprint density at radius 1 is 1.21 bits per heavy atom. The number of nitrogens with zero attached hydrogens (tertiary/aromatic N) is 1. The highest BCUT2D eigenvalue weighted by molar-refractivity contribution is 5.38. The van der Waals surface area contributed by atoms with Gasteiger partial charge in [0, 0.05) is 6.07 Å². The Balaban J connectivity index is 2.24. The minimum absolute atomic E-state index is 0.267. The van der Waals surface area contributed by atoms with Crippen molar-refractivity contribution in [2.75, 3.05) is 5.43 Å². The number of ether oxygens (including phenoxy) is 1. The Morgan fingerprint density at radius 2 is 1.89 bits per heavy atom. The van der Waals surface area contributed by atoms with Gasteiger partial charge in [-0.3, -0.25) is 0 Å². The molecule has 0 saturated carbocycles. The first-order valence-corrected chi connectivity index (χ1v) is 5.66. The number of aromatic nitrogens is 1. The lowest BCUT2D eigenvalue weighted by molar-refractivity contribution is 0.206. The van der Waals surface area contributed by atoms with Crippen LogP contribution in [0.25, 0.3) is 0 Å². The van der Waals surface area contributed by atoms with Crippen molar-refractivity contribution in [2.24, 2.45) is 5.84 Å². The lowest BCUT2D eigenvalue weighted by atomic mass is 10.1. The lowest BCUT2D eigenvalue weighted by Gasteiger charge is -2.15. The van der Waals surface area contributed by atoms with E-state index in [9.17, 15) is 8.78 Å². The van der Waals surface area contributed by atoms with Gasteiger partial charge in [-0.2, -0.15) is 4.98 Å². The van der Waals surface area contributed by atoms with Crippen LogP contribution in [0.2, 0.25) is 0 Å². The lowest BCUT2D eigenvalue weighted by Crippen LogP contribution is -2.13. The molecule has 19 heavy (non-hydrogen) atoms. The van der Waals surface area contributed by atoms with E-state index in [4.69, 9.17) is 10.6 Å². The zero-order chi connectivity index (χ0) is 13.8. The Kier molecular flexibility index (Phi) is 3.91. The van der Waals surface area contributed by atoms with Crippen LogP contribution in [0.4, 0.5) is 14.6 Å². The molecule has 1 aromatic heterocycles. The van der Waals surface area contributed by atoms with Gasteiger partial charge in [0.2, 0.25) is 0 Å². The Morgan fingerprint density at radius 3 is 2.53 bits per heavy atom. The van der Waals surface area contributed by atoms with Gasteiger partial charge in [-0.1, -0.05) is 30.3 Å². The molecule has 3 N–H and O–H groups in total. The maximum atomic E-state index is 13.5. The molecule has 0 radical (unpaired) electrons. The predicted octanol–water partition coefficient (Wildman–Crippen LogP) is 2.79. The van der Waals surface area contributed by atoms with Crippen LogP contribution in [0.3, 0.4) is 0 Å². The molecule has 0 fully saturated rings. The number of rotatable bonds is 4. The van der Waals surface area contributed by atoms with E-state index in [0.717, 1.165) is 5.56 Å². The zero-order valence-corrected chi connectivity index (χ0v) is 10.2. The largest absolute Gasteiger partial charge is 0.468 e. The van der Waals surface area contributed by atoms with Gasteiger partial charge in [0.15, 0.2) is 17.5 Å². The molecule has 0 bridgehead atoms. The molecule has 0 saturated heterocycles. The smallest absolute Gasteiger partial charge is 0.253 e. The summed E-state index contributed by atoms with van der Waals surface area (Å²) in [6, 6.07) is 9.91. The molecular weight excluding hydrogens is 252 g/mol. The van der Waals surface area contributed by atoms with E-state index in [1.54, 1.807) is 6.92 Å². The summed E-state index contributed by atoms with van der Waals surface area (Å²) in [6.07, 6.45) is -0.417. The normalized spacial score (nSPS) is 12.0. The molecule has 2 rings (SSSR count). The summed E-state index contributed by atoms with van der Waals surface area (Å²) in [5.74, 6) is 2.76. The number of hydrogen-bond donors (Lipinski definition) is 2. The highest BCUT2D eigenvalue weighted by atomic mass is 19.1. The summed E-state index contributed by atoms with van der Waals surface area (Å²) in [6.45, 7) is 1.75. The molecule has 1 unspecified atom stereocenters. The van der Waals surface area contributed by atoms with Crippen molar-refractivity contribution >= 4 is 5.82 Å². The van der Waals surface area contributed by atoms with E-state index >= 15 is 0 Å². The second-order valence-electron chi connectivity index (χ2n) is 3.92. The van der Waals surface area contributed by atoms with Gasteiger partial charge in [0.1, 0.15) is 6.10 Å². The Hall–Kier alpha value is -2.21. The third-order valence-electron chi connectivity index (χ3n) is 2.59. The second kappa shape index (κ2) is 5.62. The van der Waals surface area contributed by atoms with E-state index in [1.807, 2.05) is 35.8 Å². The molecule has 2 aromatic rings. The molecule has 1 atom stereocenters. The van der Waals surface area contributed by atoms with Crippen molar-refractivity contribution < 1.29 is 13.5 Å². The number of halogens is 2. The van der Waals surface area contributed by atoms with Crippen LogP contribution >= 0.6 is 0 Å². The van der Waals surface area contributed by atoms with E-state index < -0.39 is 17.7 Å². The number of nitrogens with one attached hydrogen (secondary N) is 1. The van der Waals surface area contributed by atoms with Gasteiger partial charge in [0.05, 0.1) is 0 Å². The summed E-state index contributed by atoms with van der Waals surface area (Å²) in [5.41, 5.74) is 2.90. The SMILES string of the molecule is CC(Oc1nc(NN)c(F)cc1F)c1ccccc1. The average molecular weight is 265 g/mol. The number of benzene rings is 1. The summed E-state index contributed by atoms with van der Waals surface area (Å²) in [7, 11) is 0. The molecule has 0 aliphatic heterocycles. The maximum absolute atomic E-state index is 13.5. The highest BCUT2D eigenvalue weighted by Crippen LogP contribution is 2.25. The molecule has 0 aliphatic carbocycles. The monoisotopic (exact) mass is 265 g/mol. The molecule has 0 aliphatic rings. The van der Waals surface area contributed by atoms with Crippen molar-refractivity contribution in [1.82, 2.24) is 4.98 Å². The molecule has 1 aromatic carbocycles. The van der Waals surface area contributed by atoms with E-state index in [-0.39, 0.29) is 11.7 Å². The van der Waals surface area contributed by atoms with Crippen molar-refractivity contribution in [3.8, 4) is 5.88 Å². The fourth-order valence-corrected chi connectivity index (χ4v) is 1.59. The van der Waals surface area contributed by atoms with Gasteiger partial charge in [-0.15, -0.1) is 0 Å². The molecule has 0 amide bonds. The third kappa shape index (κ3) is 2.97. The standard InChI is InChI=1S/C13H13F2N3O/c1-8(9-5-3-2-4-6-9)19-13-11(15)7-10(14)12(17-13)18-16/h2-8H,16H2,1H3,(H,17,18). The third-order valence-corrected chi connectivity index (χ3v) is 2.59. The topological polar surface area (TPSA) is 60.2 Å². The van der Waals surface area contributed by atoms with Crippen LogP contribution in [-0.4, -0.2) is 4.98 Å². The van der Waals surface area contributed by atoms with E-state index in [1.165, 1.54) is 0 Å².